The fourth-order valence-corrected chi connectivity index (χ4v) is 3.92. The van der Waals surface area contributed by atoms with Crippen LogP contribution in [0.25, 0.3) is 10.9 Å². The maximum Gasteiger partial charge on any atom is 0.224 e. The quantitative estimate of drug-likeness (QED) is 0.742. The lowest BCUT2D eigenvalue weighted by atomic mass is 10.1. The molecule has 1 atom stereocenters. The Morgan fingerprint density at radius 2 is 2.09 bits per heavy atom. The highest BCUT2D eigenvalue weighted by Gasteiger charge is 2.15. The summed E-state index contributed by atoms with van der Waals surface area (Å²) in [5.74, 6) is 0.0560. The van der Waals surface area contributed by atoms with Crippen molar-refractivity contribution in [3.05, 3.63) is 57.4 Å². The van der Waals surface area contributed by atoms with E-state index in [0.717, 1.165) is 16.5 Å². The van der Waals surface area contributed by atoms with Gasteiger partial charge in [0.2, 0.25) is 5.91 Å². The maximum atomic E-state index is 12.3. The summed E-state index contributed by atoms with van der Waals surface area (Å²) in [4.78, 5) is 18.1. The normalized spacial score (nSPS) is 12.5. The number of aryl methyl sites for hydroxylation is 2. The smallest absolute Gasteiger partial charge is 0.224 e. The van der Waals surface area contributed by atoms with Crippen molar-refractivity contribution in [2.24, 2.45) is 0 Å². The van der Waals surface area contributed by atoms with Crippen LogP contribution in [-0.2, 0) is 11.2 Å². The van der Waals surface area contributed by atoms with Crippen molar-refractivity contribution in [3.8, 4) is 0 Å². The number of fused-ring (bicyclic) bond motifs is 1. The summed E-state index contributed by atoms with van der Waals surface area (Å²) in [5, 5.41) is 4.23. The Balaban J connectivity index is 1.71. The van der Waals surface area contributed by atoms with Gasteiger partial charge >= 0.3 is 0 Å². The van der Waals surface area contributed by atoms with E-state index in [2.05, 4.69) is 30.2 Å². The lowest BCUT2D eigenvalue weighted by Gasteiger charge is -2.13. The summed E-state index contributed by atoms with van der Waals surface area (Å²) in [6.45, 7) is 6.25. The molecule has 0 bridgehead atoms. The molecule has 0 radical (unpaired) electrons. The minimum atomic E-state index is 0.0441. The summed E-state index contributed by atoms with van der Waals surface area (Å²) in [7, 11) is 0. The number of carbonyl (C=O) groups is 1. The van der Waals surface area contributed by atoms with Gasteiger partial charge < -0.3 is 10.3 Å². The molecule has 2 aromatic heterocycles. The topological polar surface area (TPSA) is 44.9 Å². The molecule has 0 saturated heterocycles. The van der Waals surface area contributed by atoms with Gasteiger partial charge in [-0.2, -0.15) is 0 Å². The lowest BCUT2D eigenvalue weighted by Crippen LogP contribution is -2.28. The minimum absolute atomic E-state index is 0.0441. The fourth-order valence-electron chi connectivity index (χ4n) is 2.90. The Bertz CT molecular complexity index is 815. The molecule has 0 spiro atoms. The second-order valence-corrected chi connectivity index (χ2v) is 7.15. The van der Waals surface area contributed by atoms with Crippen LogP contribution in [0.3, 0.4) is 0 Å². The van der Waals surface area contributed by atoms with E-state index < -0.39 is 0 Å². The van der Waals surface area contributed by atoms with Crippen molar-refractivity contribution in [2.75, 3.05) is 0 Å². The third-order valence-electron chi connectivity index (χ3n) is 3.95. The fraction of sp³-hybridized carbons (Fsp3) is 0.278. The number of aromatic amines is 1. The largest absolute Gasteiger partial charge is 0.361 e. The summed E-state index contributed by atoms with van der Waals surface area (Å²) >= 11 is 1.78. The number of aromatic nitrogens is 1. The van der Waals surface area contributed by atoms with Crippen molar-refractivity contribution < 1.29 is 4.79 Å². The summed E-state index contributed by atoms with van der Waals surface area (Å²) < 4.78 is 0. The molecule has 1 unspecified atom stereocenters. The predicted octanol–water partition coefficient (Wildman–Crippen LogP) is 4.27. The number of hydrogen-bond acceptors (Lipinski definition) is 2. The number of nitrogens with one attached hydrogen (secondary N) is 2. The van der Waals surface area contributed by atoms with E-state index >= 15 is 0 Å². The molecule has 0 saturated carbocycles. The SMILES string of the molecule is Cc1cc(C(C)NC(=O)Cc2c[nH]c3ccccc23)c(C)s1. The average Bonchev–Trinajstić information content (AvgIpc) is 3.02. The Kier molecular flexibility index (Phi) is 4.03. The molecule has 2 heterocycles. The second kappa shape index (κ2) is 5.97. The first-order valence-electron chi connectivity index (χ1n) is 7.46. The van der Waals surface area contributed by atoms with E-state index in [4.69, 9.17) is 0 Å². The molecule has 3 aromatic rings. The van der Waals surface area contributed by atoms with Gasteiger partial charge in [-0.1, -0.05) is 18.2 Å². The van der Waals surface area contributed by atoms with Crippen LogP contribution >= 0.6 is 11.3 Å². The first kappa shape index (κ1) is 14.9. The maximum absolute atomic E-state index is 12.3. The summed E-state index contributed by atoms with van der Waals surface area (Å²) in [6.07, 6.45) is 2.32. The van der Waals surface area contributed by atoms with E-state index in [1.165, 1.54) is 15.3 Å². The van der Waals surface area contributed by atoms with Gasteiger partial charge in [-0.25, -0.2) is 0 Å². The molecular weight excluding hydrogens is 292 g/mol. The van der Waals surface area contributed by atoms with Crippen molar-refractivity contribution in [2.45, 2.75) is 33.2 Å². The Hall–Kier alpha value is -2.07. The van der Waals surface area contributed by atoms with E-state index in [-0.39, 0.29) is 11.9 Å². The number of amides is 1. The van der Waals surface area contributed by atoms with Crippen molar-refractivity contribution in [1.29, 1.82) is 0 Å². The molecule has 0 aliphatic rings. The van der Waals surface area contributed by atoms with Crippen LogP contribution in [0.5, 0.6) is 0 Å². The van der Waals surface area contributed by atoms with Gasteiger partial charge in [-0.15, -0.1) is 11.3 Å². The Morgan fingerprint density at radius 1 is 1.32 bits per heavy atom. The molecule has 0 aliphatic heterocycles. The number of hydrogen-bond donors (Lipinski definition) is 2. The molecule has 3 nitrogen and oxygen atoms in total. The number of carbonyl (C=O) groups excluding carboxylic acids is 1. The van der Waals surface area contributed by atoms with Gasteiger partial charge in [0.1, 0.15) is 0 Å². The molecule has 2 N–H and O–H groups in total. The highest BCUT2D eigenvalue weighted by atomic mass is 32.1. The molecule has 22 heavy (non-hydrogen) atoms. The summed E-state index contributed by atoms with van der Waals surface area (Å²) in [6, 6.07) is 10.3. The standard InChI is InChI=1S/C18H20N2OS/c1-11-8-16(13(3)22-11)12(2)20-18(21)9-14-10-19-17-7-5-4-6-15(14)17/h4-8,10,12,19H,9H2,1-3H3,(H,20,21). The number of para-hydroxylation sites is 1. The summed E-state index contributed by atoms with van der Waals surface area (Å²) in [5.41, 5.74) is 3.33. The van der Waals surface area contributed by atoms with Crippen LogP contribution in [0.15, 0.2) is 36.5 Å². The van der Waals surface area contributed by atoms with Crippen molar-refractivity contribution in [3.63, 3.8) is 0 Å². The molecule has 0 aliphatic carbocycles. The van der Waals surface area contributed by atoms with Crippen LogP contribution in [0.1, 0.15) is 33.8 Å². The molecular formula is C18H20N2OS. The molecule has 3 rings (SSSR count). The van der Waals surface area contributed by atoms with Crippen LogP contribution < -0.4 is 5.32 Å². The van der Waals surface area contributed by atoms with Gasteiger partial charge in [-0.05, 0) is 44.0 Å². The minimum Gasteiger partial charge on any atom is -0.361 e. The van der Waals surface area contributed by atoms with Gasteiger partial charge in [0.05, 0.1) is 12.5 Å². The van der Waals surface area contributed by atoms with Crippen molar-refractivity contribution >= 4 is 28.1 Å². The van der Waals surface area contributed by atoms with Crippen LogP contribution in [0.4, 0.5) is 0 Å². The monoisotopic (exact) mass is 312 g/mol. The molecule has 0 fully saturated rings. The third kappa shape index (κ3) is 2.92. The van der Waals surface area contributed by atoms with Crippen LogP contribution in [0.2, 0.25) is 0 Å². The van der Waals surface area contributed by atoms with Gasteiger partial charge in [0.25, 0.3) is 0 Å². The Labute approximate surface area is 134 Å². The van der Waals surface area contributed by atoms with E-state index in [0.29, 0.717) is 6.42 Å². The lowest BCUT2D eigenvalue weighted by molar-refractivity contribution is -0.121. The number of H-pyrrole nitrogens is 1. The zero-order chi connectivity index (χ0) is 15.7. The Morgan fingerprint density at radius 3 is 2.82 bits per heavy atom. The highest BCUT2D eigenvalue weighted by molar-refractivity contribution is 7.12. The molecule has 1 aromatic carbocycles. The molecule has 114 valence electrons. The highest BCUT2D eigenvalue weighted by Crippen LogP contribution is 2.26. The molecule has 1 amide bonds. The third-order valence-corrected chi connectivity index (χ3v) is 4.93. The first-order chi connectivity index (χ1) is 10.5. The van der Waals surface area contributed by atoms with E-state index in [1.807, 2.05) is 37.4 Å². The second-order valence-electron chi connectivity index (χ2n) is 5.69. The van der Waals surface area contributed by atoms with Crippen LogP contribution in [0, 0.1) is 13.8 Å². The number of thiophene rings is 1. The van der Waals surface area contributed by atoms with Gasteiger partial charge in [0.15, 0.2) is 0 Å². The molecule has 4 heteroatoms. The zero-order valence-corrected chi connectivity index (χ0v) is 13.9. The average molecular weight is 312 g/mol. The zero-order valence-electron chi connectivity index (χ0n) is 13.1. The van der Waals surface area contributed by atoms with E-state index in [1.54, 1.807) is 11.3 Å². The van der Waals surface area contributed by atoms with E-state index in [9.17, 15) is 4.79 Å². The van der Waals surface area contributed by atoms with Gasteiger partial charge in [-0.3, -0.25) is 4.79 Å². The van der Waals surface area contributed by atoms with Gasteiger partial charge in [0, 0.05) is 26.9 Å². The predicted molar refractivity (Wildman–Crippen MR) is 92.4 cm³/mol. The van der Waals surface area contributed by atoms with Crippen molar-refractivity contribution in [1.82, 2.24) is 10.3 Å². The number of rotatable bonds is 4. The van der Waals surface area contributed by atoms with Crippen LogP contribution in [-0.4, -0.2) is 10.9 Å². The number of benzene rings is 1. The first-order valence-corrected chi connectivity index (χ1v) is 8.27.